The third kappa shape index (κ3) is 4.80. The minimum Gasteiger partial charge on any atom is -0.493 e. The van der Waals surface area contributed by atoms with Gasteiger partial charge in [0.15, 0.2) is 11.5 Å². The molecule has 0 radical (unpaired) electrons. The first-order chi connectivity index (χ1) is 8.81. The van der Waals surface area contributed by atoms with Crippen LogP contribution in [0.15, 0.2) is 36.4 Å². The third-order valence-corrected chi connectivity index (χ3v) is 2.83. The smallest absolute Gasteiger partial charge is 0.161 e. The quantitative estimate of drug-likeness (QED) is 0.661. The van der Waals surface area contributed by atoms with Gasteiger partial charge in [0.1, 0.15) is 6.61 Å². The molecule has 1 aromatic carbocycles. The lowest BCUT2D eigenvalue weighted by molar-refractivity contribution is 0.321. The van der Waals surface area contributed by atoms with E-state index in [1.54, 1.807) is 7.11 Å². The van der Waals surface area contributed by atoms with Crippen LogP contribution >= 0.6 is 0 Å². The van der Waals surface area contributed by atoms with Crippen molar-refractivity contribution < 1.29 is 9.47 Å². The van der Waals surface area contributed by atoms with Gasteiger partial charge in [-0.2, -0.15) is 0 Å². The van der Waals surface area contributed by atoms with E-state index in [0.717, 1.165) is 31.1 Å². The van der Waals surface area contributed by atoms with Crippen molar-refractivity contribution in [3.05, 3.63) is 36.4 Å². The molecule has 0 unspecified atom stereocenters. The summed E-state index contributed by atoms with van der Waals surface area (Å²) >= 11 is 0. The van der Waals surface area contributed by atoms with Gasteiger partial charge in [0.05, 0.1) is 7.11 Å². The number of para-hydroxylation sites is 2. The van der Waals surface area contributed by atoms with Gasteiger partial charge in [-0.25, -0.2) is 0 Å². The minimum atomic E-state index is 0.571. The normalized spacial score (nSPS) is 11.1. The van der Waals surface area contributed by atoms with E-state index in [-0.39, 0.29) is 0 Å². The van der Waals surface area contributed by atoms with Crippen LogP contribution in [0.2, 0.25) is 0 Å². The van der Waals surface area contributed by atoms with Crippen LogP contribution in [0.5, 0.6) is 11.5 Å². The van der Waals surface area contributed by atoms with E-state index >= 15 is 0 Å². The summed E-state index contributed by atoms with van der Waals surface area (Å²) in [6, 6.07) is 7.69. The Morgan fingerprint density at radius 2 is 1.72 bits per heavy atom. The Balaban J connectivity index is 2.35. The van der Waals surface area contributed by atoms with Crippen molar-refractivity contribution in [1.29, 1.82) is 0 Å². The van der Waals surface area contributed by atoms with Crippen molar-refractivity contribution >= 4 is 0 Å². The van der Waals surface area contributed by atoms with Crippen LogP contribution in [0.25, 0.3) is 0 Å². The molecule has 1 rings (SSSR count). The molecule has 100 valence electrons. The van der Waals surface area contributed by atoms with Crippen LogP contribution in [-0.2, 0) is 0 Å². The minimum absolute atomic E-state index is 0.571. The lowest BCUT2D eigenvalue weighted by atomic mass is 10.3. The van der Waals surface area contributed by atoms with Crippen molar-refractivity contribution in [2.75, 3.05) is 33.4 Å². The zero-order valence-electron chi connectivity index (χ0n) is 11.6. The highest BCUT2D eigenvalue weighted by Crippen LogP contribution is 2.25. The van der Waals surface area contributed by atoms with Gasteiger partial charge in [-0.15, -0.1) is 0 Å². The summed E-state index contributed by atoms with van der Waals surface area (Å²) in [7, 11) is 1.65. The second-order valence-corrected chi connectivity index (χ2v) is 3.92. The number of hydrogen-bond acceptors (Lipinski definition) is 3. The van der Waals surface area contributed by atoms with Crippen molar-refractivity contribution in [3.8, 4) is 11.5 Å². The number of ether oxygens (including phenoxy) is 2. The largest absolute Gasteiger partial charge is 0.493 e. The number of benzene rings is 1. The van der Waals surface area contributed by atoms with Crippen LogP contribution in [0, 0.1) is 0 Å². The Bertz CT molecular complexity index is 359. The monoisotopic (exact) mass is 249 g/mol. The van der Waals surface area contributed by atoms with Gasteiger partial charge in [-0.05, 0) is 25.2 Å². The highest BCUT2D eigenvalue weighted by molar-refractivity contribution is 5.39. The molecule has 0 heterocycles. The van der Waals surface area contributed by atoms with Gasteiger partial charge in [0.2, 0.25) is 0 Å². The summed E-state index contributed by atoms with van der Waals surface area (Å²) in [5.74, 6) is 1.56. The van der Waals surface area contributed by atoms with Crippen LogP contribution in [0.4, 0.5) is 0 Å². The summed E-state index contributed by atoms with van der Waals surface area (Å²) in [4.78, 5) is 2.35. The maximum atomic E-state index is 5.65. The molecule has 0 aromatic heterocycles. The molecule has 0 saturated carbocycles. The second kappa shape index (κ2) is 8.59. The van der Waals surface area contributed by atoms with Crippen molar-refractivity contribution in [2.24, 2.45) is 0 Å². The lowest BCUT2D eigenvalue weighted by Crippen LogP contribution is -2.22. The van der Waals surface area contributed by atoms with E-state index in [9.17, 15) is 0 Å². The van der Waals surface area contributed by atoms with Gasteiger partial charge in [-0.1, -0.05) is 38.1 Å². The fraction of sp³-hybridized carbons (Fsp3) is 0.467. The first-order valence-electron chi connectivity index (χ1n) is 6.45. The van der Waals surface area contributed by atoms with Gasteiger partial charge in [-0.3, -0.25) is 0 Å². The van der Waals surface area contributed by atoms with E-state index in [1.165, 1.54) is 0 Å². The number of hydrogen-bond donors (Lipinski definition) is 0. The number of nitrogens with zero attached hydrogens (tertiary/aromatic N) is 1. The molecular weight excluding hydrogens is 226 g/mol. The molecule has 0 fully saturated rings. The molecule has 0 saturated heterocycles. The molecule has 0 spiro atoms. The summed E-state index contributed by atoms with van der Waals surface area (Å²) in [6.07, 6.45) is 4.19. The molecule has 1 aromatic rings. The van der Waals surface area contributed by atoms with Crippen LogP contribution < -0.4 is 9.47 Å². The average molecular weight is 249 g/mol. The van der Waals surface area contributed by atoms with Gasteiger partial charge >= 0.3 is 0 Å². The maximum absolute atomic E-state index is 5.65. The molecule has 0 atom stereocenters. The first kappa shape index (κ1) is 14.6. The highest BCUT2D eigenvalue weighted by Gasteiger charge is 2.00. The van der Waals surface area contributed by atoms with Gasteiger partial charge in [0.25, 0.3) is 0 Å². The summed E-state index contributed by atoms with van der Waals surface area (Å²) < 4.78 is 10.9. The van der Waals surface area contributed by atoms with Gasteiger partial charge < -0.3 is 14.4 Å². The van der Waals surface area contributed by atoms with E-state index in [4.69, 9.17) is 9.47 Å². The average Bonchev–Trinajstić information content (AvgIpc) is 2.43. The molecule has 18 heavy (non-hydrogen) atoms. The Morgan fingerprint density at radius 1 is 1.06 bits per heavy atom. The predicted octanol–water partition coefficient (Wildman–Crippen LogP) is 2.97. The summed E-state index contributed by atoms with van der Waals surface area (Å²) in [6.45, 7) is 8.04. The second-order valence-electron chi connectivity index (χ2n) is 3.92. The molecule has 0 aliphatic rings. The van der Waals surface area contributed by atoms with Crippen LogP contribution in [-0.4, -0.2) is 38.3 Å². The SMILES string of the molecule is CCN(CC)CC=CCOc1ccccc1OC. The predicted molar refractivity (Wildman–Crippen MR) is 75.4 cm³/mol. The summed E-state index contributed by atoms with van der Waals surface area (Å²) in [5.41, 5.74) is 0. The van der Waals surface area contributed by atoms with E-state index < -0.39 is 0 Å². The molecule has 0 bridgehead atoms. The Kier molecular flexibility index (Phi) is 6.96. The van der Waals surface area contributed by atoms with Crippen LogP contribution in [0.3, 0.4) is 0 Å². The number of methoxy groups -OCH3 is 1. The van der Waals surface area contributed by atoms with Crippen LogP contribution in [0.1, 0.15) is 13.8 Å². The van der Waals surface area contributed by atoms with Crippen molar-refractivity contribution in [2.45, 2.75) is 13.8 Å². The topological polar surface area (TPSA) is 21.7 Å². The Morgan fingerprint density at radius 3 is 2.33 bits per heavy atom. The third-order valence-electron chi connectivity index (χ3n) is 2.83. The molecule has 0 N–H and O–H groups in total. The van der Waals surface area contributed by atoms with Gasteiger partial charge in [0, 0.05) is 6.54 Å². The first-order valence-corrected chi connectivity index (χ1v) is 6.45. The molecule has 0 amide bonds. The molecular formula is C15H23NO2. The highest BCUT2D eigenvalue weighted by atomic mass is 16.5. The molecule has 3 heteroatoms. The molecule has 0 aliphatic heterocycles. The zero-order chi connectivity index (χ0) is 13.2. The fourth-order valence-electron chi connectivity index (χ4n) is 1.65. The van der Waals surface area contributed by atoms with E-state index in [2.05, 4.69) is 24.8 Å². The van der Waals surface area contributed by atoms with E-state index in [0.29, 0.717) is 6.61 Å². The lowest BCUT2D eigenvalue weighted by Gasteiger charge is -2.14. The maximum Gasteiger partial charge on any atom is 0.161 e. The standard InChI is InChI=1S/C15H23NO2/c1-4-16(5-2)12-8-9-13-18-15-11-7-6-10-14(15)17-3/h6-11H,4-5,12-13H2,1-3H3. The molecule has 0 aliphatic carbocycles. The number of rotatable bonds is 8. The zero-order valence-corrected chi connectivity index (χ0v) is 11.6. The van der Waals surface area contributed by atoms with E-state index in [1.807, 2.05) is 30.3 Å². The Labute approximate surface area is 110 Å². The van der Waals surface area contributed by atoms with Crippen molar-refractivity contribution in [3.63, 3.8) is 0 Å². The Hall–Kier alpha value is -1.48. The fourth-order valence-corrected chi connectivity index (χ4v) is 1.65. The molecule has 3 nitrogen and oxygen atoms in total. The number of likely N-dealkylation sites (N-methyl/N-ethyl adjacent to an activating group) is 1. The van der Waals surface area contributed by atoms with Crippen molar-refractivity contribution in [1.82, 2.24) is 4.90 Å². The summed E-state index contributed by atoms with van der Waals surface area (Å²) in [5, 5.41) is 0.